The van der Waals surface area contributed by atoms with Gasteiger partial charge in [-0.15, -0.1) is 0 Å². The summed E-state index contributed by atoms with van der Waals surface area (Å²) < 4.78 is 0. The molecule has 0 aromatic rings. The Morgan fingerprint density at radius 2 is 0.591 bits per heavy atom. The Labute approximate surface area is 299 Å². The minimum Gasteiger partial charge on any atom is -0.545 e. The molecule has 244 valence electrons. The van der Waals surface area contributed by atoms with E-state index < -0.39 is 23.9 Å². The van der Waals surface area contributed by atoms with Crippen molar-refractivity contribution in [2.24, 2.45) is 0 Å². The first-order valence-electron chi connectivity index (χ1n) is 16.4. The molecule has 0 bridgehead atoms. The third-order valence-electron chi connectivity index (χ3n) is 7.21. The molecule has 0 rings (SSSR count). The molecule has 0 fully saturated rings. The summed E-state index contributed by atoms with van der Waals surface area (Å²) in [7, 11) is 0. The standard InChI is InChI=1S/2C17H30O4.2Mg/c2*1-2-3-4-5-6-7-8-9-10-11-12-13-15(17(20)21)14-16(18)19;;/h2*14H,2-13H2,1H3,(H,18,19)(H,20,21);;/q;;2*+2/p-4/b15-14-;;;. The largest absolute Gasteiger partial charge is 2.00 e. The molecule has 0 atom stereocenters. The molecule has 0 aliphatic heterocycles. The number of carbonyl (C=O) groups is 4. The van der Waals surface area contributed by atoms with Crippen LogP contribution in [0.1, 0.15) is 168 Å². The molecule has 0 spiro atoms. The Bertz CT molecular complexity index is 717. The summed E-state index contributed by atoms with van der Waals surface area (Å²) in [6.45, 7) is 4.43. The molecular weight excluding hydrogens is 585 g/mol. The summed E-state index contributed by atoms with van der Waals surface area (Å²) in [6.07, 6.45) is 27.6. The molecule has 0 saturated carbocycles. The van der Waals surface area contributed by atoms with Crippen molar-refractivity contribution in [3.8, 4) is 0 Å². The second-order valence-electron chi connectivity index (χ2n) is 11.1. The topological polar surface area (TPSA) is 161 Å². The number of aliphatic carboxylic acids is 4. The zero-order valence-corrected chi connectivity index (χ0v) is 30.6. The fourth-order valence-corrected chi connectivity index (χ4v) is 4.71. The van der Waals surface area contributed by atoms with Crippen LogP contribution in [0.15, 0.2) is 23.3 Å². The summed E-state index contributed by atoms with van der Waals surface area (Å²) in [5.74, 6) is -5.77. The van der Waals surface area contributed by atoms with Gasteiger partial charge in [0.2, 0.25) is 0 Å². The summed E-state index contributed by atoms with van der Waals surface area (Å²) in [5.41, 5.74) is -0.350. The monoisotopic (exact) mass is 640 g/mol. The Morgan fingerprint density at radius 3 is 0.773 bits per heavy atom. The van der Waals surface area contributed by atoms with Crippen molar-refractivity contribution in [3.05, 3.63) is 23.3 Å². The van der Waals surface area contributed by atoms with E-state index in [0.717, 1.165) is 25.7 Å². The minimum atomic E-state index is -1.47. The number of carboxylic acid groups (broad SMARTS) is 4. The van der Waals surface area contributed by atoms with Crippen LogP contribution in [0.4, 0.5) is 0 Å². The van der Waals surface area contributed by atoms with Crippen molar-refractivity contribution < 1.29 is 39.6 Å². The quantitative estimate of drug-likeness (QED) is 0.0713. The number of hydrogen-bond acceptors (Lipinski definition) is 8. The van der Waals surface area contributed by atoms with E-state index in [0.29, 0.717) is 25.0 Å². The summed E-state index contributed by atoms with van der Waals surface area (Å²) in [5, 5.41) is 42.0. The van der Waals surface area contributed by atoms with Crippen LogP contribution < -0.4 is 20.4 Å². The second-order valence-corrected chi connectivity index (χ2v) is 11.1. The molecule has 8 nitrogen and oxygen atoms in total. The molecule has 0 aromatic carbocycles. The van der Waals surface area contributed by atoms with Crippen LogP contribution in [0.5, 0.6) is 0 Å². The maximum Gasteiger partial charge on any atom is 2.00 e. The van der Waals surface area contributed by atoms with Gasteiger partial charge in [-0.25, -0.2) is 0 Å². The molecule has 44 heavy (non-hydrogen) atoms. The van der Waals surface area contributed by atoms with Crippen LogP contribution in [0.3, 0.4) is 0 Å². The fourth-order valence-electron chi connectivity index (χ4n) is 4.71. The van der Waals surface area contributed by atoms with Crippen LogP contribution >= 0.6 is 0 Å². The van der Waals surface area contributed by atoms with Crippen LogP contribution in [-0.4, -0.2) is 70.0 Å². The van der Waals surface area contributed by atoms with Crippen LogP contribution in [0.2, 0.25) is 0 Å². The van der Waals surface area contributed by atoms with E-state index in [1.807, 2.05) is 0 Å². The second kappa shape index (κ2) is 38.1. The molecule has 0 saturated heterocycles. The van der Waals surface area contributed by atoms with Crippen molar-refractivity contribution in [3.63, 3.8) is 0 Å². The first kappa shape index (κ1) is 49.8. The van der Waals surface area contributed by atoms with Gasteiger partial charge in [0.05, 0.1) is 23.9 Å². The third kappa shape index (κ3) is 38.9. The molecule has 0 N–H and O–H groups in total. The molecule has 0 amide bonds. The molecule has 0 aliphatic rings. The first-order chi connectivity index (χ1) is 20.1. The van der Waals surface area contributed by atoms with Crippen LogP contribution in [-0.2, 0) is 19.2 Å². The Hall–Kier alpha value is -1.11. The van der Waals surface area contributed by atoms with E-state index in [4.69, 9.17) is 0 Å². The van der Waals surface area contributed by atoms with Gasteiger partial charge in [-0.2, -0.15) is 0 Å². The van der Waals surface area contributed by atoms with Crippen molar-refractivity contribution in [1.82, 2.24) is 0 Å². The Kier molecular flexibility index (Phi) is 43.1. The number of unbranched alkanes of at least 4 members (excludes halogenated alkanes) is 20. The summed E-state index contributed by atoms with van der Waals surface area (Å²) in [4.78, 5) is 42.0. The predicted molar refractivity (Wildman–Crippen MR) is 170 cm³/mol. The van der Waals surface area contributed by atoms with Crippen molar-refractivity contribution in [1.29, 1.82) is 0 Å². The van der Waals surface area contributed by atoms with Crippen molar-refractivity contribution >= 4 is 70.0 Å². The smallest absolute Gasteiger partial charge is 0.545 e. The molecule has 0 heterocycles. The SMILES string of the molecule is CCCCCCCCCCCCC/C(=C/C(=O)[O-])C(=O)[O-].CCCCCCCCCCCCCC(=CC(=O)[O-])C(=O)[O-].[Mg+2].[Mg+2]. The van der Waals surface area contributed by atoms with E-state index >= 15 is 0 Å². The zero-order chi connectivity index (χ0) is 31.8. The molecule has 0 aliphatic carbocycles. The molecule has 0 unspecified atom stereocenters. The first-order valence-corrected chi connectivity index (χ1v) is 16.4. The van der Waals surface area contributed by atoms with Crippen molar-refractivity contribution in [2.75, 3.05) is 0 Å². The van der Waals surface area contributed by atoms with Crippen LogP contribution in [0.25, 0.3) is 0 Å². The normalized spacial score (nSPS) is 11.0. The van der Waals surface area contributed by atoms with Gasteiger partial charge < -0.3 is 39.6 Å². The number of rotatable bonds is 28. The van der Waals surface area contributed by atoms with Gasteiger partial charge in [-0.05, 0) is 49.0 Å². The van der Waals surface area contributed by atoms with Gasteiger partial charge >= 0.3 is 46.1 Å². The van der Waals surface area contributed by atoms with Gasteiger partial charge in [-0.3, -0.25) is 0 Å². The van der Waals surface area contributed by atoms with E-state index in [2.05, 4.69) is 13.8 Å². The number of carbonyl (C=O) groups excluding carboxylic acids is 4. The third-order valence-corrected chi connectivity index (χ3v) is 7.21. The number of hydrogen-bond donors (Lipinski definition) is 0. The molecular formula is C34H56Mg2O8. The summed E-state index contributed by atoms with van der Waals surface area (Å²) >= 11 is 0. The van der Waals surface area contributed by atoms with Gasteiger partial charge in [0, 0.05) is 0 Å². The van der Waals surface area contributed by atoms with Crippen molar-refractivity contribution in [2.45, 2.75) is 168 Å². The Morgan fingerprint density at radius 1 is 0.386 bits per heavy atom. The van der Waals surface area contributed by atoms with Gasteiger partial charge in [0.1, 0.15) is 0 Å². The predicted octanol–water partition coefficient (Wildman–Crippen LogP) is 3.47. The van der Waals surface area contributed by atoms with E-state index in [1.165, 1.54) is 103 Å². The average molecular weight is 641 g/mol. The maximum absolute atomic E-state index is 10.7. The Balaban J connectivity index is -0.000000348. The van der Waals surface area contributed by atoms with E-state index in [9.17, 15) is 39.6 Å². The average Bonchev–Trinajstić information content (AvgIpc) is 2.93. The number of carboxylic acids is 4. The zero-order valence-electron chi connectivity index (χ0n) is 27.8. The fraction of sp³-hybridized carbons (Fsp3) is 0.765. The minimum absolute atomic E-state index is 0. The van der Waals surface area contributed by atoms with Gasteiger partial charge in [0.25, 0.3) is 0 Å². The van der Waals surface area contributed by atoms with E-state index in [-0.39, 0.29) is 70.1 Å². The molecule has 10 heteroatoms. The van der Waals surface area contributed by atoms with Gasteiger partial charge in [-0.1, -0.05) is 142 Å². The molecule has 0 radical (unpaired) electrons. The summed E-state index contributed by atoms with van der Waals surface area (Å²) in [6, 6.07) is 0. The maximum atomic E-state index is 10.7. The van der Waals surface area contributed by atoms with E-state index in [1.54, 1.807) is 0 Å². The van der Waals surface area contributed by atoms with Gasteiger partial charge in [0.15, 0.2) is 0 Å². The van der Waals surface area contributed by atoms with Crippen LogP contribution in [0, 0.1) is 0 Å². The molecule has 0 aromatic heterocycles.